The monoisotopic (exact) mass is 311 g/mol. The maximum atomic E-state index is 11.4. The molecule has 0 amide bonds. The first-order valence-electron chi connectivity index (χ1n) is 6.43. The van der Waals surface area contributed by atoms with E-state index < -0.39 is 16.0 Å². The molecule has 3 N–H and O–H groups in total. The molecule has 0 unspecified atom stereocenters. The lowest BCUT2D eigenvalue weighted by molar-refractivity contribution is 0.0698. The molecule has 0 spiro atoms. The fraction of sp³-hybridized carbons (Fsp3) is 0.385. The van der Waals surface area contributed by atoms with Crippen LogP contribution in [0.4, 0.5) is 0 Å². The highest BCUT2D eigenvalue weighted by Gasteiger charge is 2.20. The Labute approximate surface area is 122 Å². The Balaban J connectivity index is 2.68. The lowest BCUT2D eigenvalue weighted by Gasteiger charge is -2.11. The average Bonchev–Trinajstić information content (AvgIpc) is 2.73. The van der Waals surface area contributed by atoms with Crippen LogP contribution >= 0.6 is 0 Å². The van der Waals surface area contributed by atoms with Crippen molar-refractivity contribution in [2.75, 3.05) is 5.75 Å². The van der Waals surface area contributed by atoms with Gasteiger partial charge in [0.15, 0.2) is 0 Å². The lowest BCUT2D eigenvalue weighted by Crippen LogP contribution is -2.22. The van der Waals surface area contributed by atoms with Crippen LogP contribution in [0.5, 0.6) is 0 Å². The first-order chi connectivity index (χ1) is 9.70. The van der Waals surface area contributed by atoms with E-state index in [1.165, 1.54) is 6.07 Å². The normalized spacial score (nSPS) is 12.2. The average molecular weight is 311 g/mol. The third-order valence-corrected chi connectivity index (χ3v) is 3.89. The van der Waals surface area contributed by atoms with Gasteiger partial charge >= 0.3 is 5.97 Å². The number of nitrogens with zero attached hydrogens (tertiary/aromatic N) is 2. The van der Waals surface area contributed by atoms with Crippen molar-refractivity contribution in [3.8, 4) is 0 Å². The van der Waals surface area contributed by atoms with Crippen molar-refractivity contribution < 1.29 is 18.3 Å². The van der Waals surface area contributed by atoms with Gasteiger partial charge in [-0.15, -0.1) is 0 Å². The van der Waals surface area contributed by atoms with E-state index in [9.17, 15) is 18.3 Å². The first kappa shape index (κ1) is 15.5. The Morgan fingerprint density at radius 2 is 2.10 bits per heavy atom. The van der Waals surface area contributed by atoms with E-state index in [0.717, 1.165) is 0 Å². The van der Waals surface area contributed by atoms with E-state index in [1.54, 1.807) is 16.7 Å². The molecule has 1 aromatic heterocycles. The highest BCUT2D eigenvalue weighted by atomic mass is 32.2. The number of carboxylic acids is 1. The molecule has 0 aliphatic heterocycles. The van der Waals surface area contributed by atoms with E-state index in [-0.39, 0.29) is 23.8 Å². The second-order valence-corrected chi connectivity index (χ2v) is 6.86. The predicted octanol–water partition coefficient (Wildman–Crippen LogP) is 1.15. The van der Waals surface area contributed by atoms with Crippen molar-refractivity contribution >= 4 is 27.0 Å². The first-order valence-corrected chi connectivity index (χ1v) is 8.15. The topological polar surface area (TPSA) is 115 Å². The van der Waals surface area contributed by atoms with Crippen LogP contribution in [-0.2, 0) is 16.6 Å². The van der Waals surface area contributed by atoms with Gasteiger partial charge in [0, 0.05) is 12.5 Å². The molecular weight excluding hydrogens is 294 g/mol. The van der Waals surface area contributed by atoms with Gasteiger partial charge in [0.05, 0.1) is 22.3 Å². The van der Waals surface area contributed by atoms with E-state index in [1.807, 2.05) is 13.8 Å². The molecule has 2 rings (SSSR count). The number of benzene rings is 1. The molecule has 21 heavy (non-hydrogen) atoms. The smallest absolute Gasteiger partial charge is 0.337 e. The van der Waals surface area contributed by atoms with Gasteiger partial charge in [0.25, 0.3) is 0 Å². The van der Waals surface area contributed by atoms with Gasteiger partial charge in [-0.1, -0.05) is 19.9 Å². The molecule has 1 aromatic carbocycles. The number of aromatic nitrogens is 2. The summed E-state index contributed by atoms with van der Waals surface area (Å²) >= 11 is 0. The molecule has 0 saturated carbocycles. The van der Waals surface area contributed by atoms with Crippen LogP contribution in [0.25, 0.3) is 11.0 Å². The summed E-state index contributed by atoms with van der Waals surface area (Å²) in [6.07, 6.45) is 0. The fourth-order valence-electron chi connectivity index (χ4n) is 2.26. The number of para-hydroxylation sites is 1. The summed E-state index contributed by atoms with van der Waals surface area (Å²) in [7, 11) is -3.64. The minimum Gasteiger partial charge on any atom is -0.478 e. The summed E-state index contributed by atoms with van der Waals surface area (Å²) in [5.41, 5.74) is 1.06. The van der Waals surface area contributed by atoms with Crippen LogP contribution in [0.3, 0.4) is 0 Å². The van der Waals surface area contributed by atoms with Crippen LogP contribution in [-0.4, -0.2) is 34.8 Å². The van der Waals surface area contributed by atoms with E-state index in [2.05, 4.69) is 4.98 Å². The quantitative estimate of drug-likeness (QED) is 0.859. The predicted molar refractivity (Wildman–Crippen MR) is 78.8 cm³/mol. The van der Waals surface area contributed by atoms with Gasteiger partial charge in [0.2, 0.25) is 10.0 Å². The molecular formula is C13H17N3O4S. The number of rotatable bonds is 5. The van der Waals surface area contributed by atoms with Crippen molar-refractivity contribution in [3.63, 3.8) is 0 Å². The standard InChI is InChI=1S/C13H17N3O4S/c1-8(2)12-15-10-5-3-4-9(13(17)18)11(10)16(12)6-7-21(14,19)20/h3-5,8H,6-7H2,1-2H3,(H,17,18)(H2,14,19,20). The summed E-state index contributed by atoms with van der Waals surface area (Å²) in [6.45, 7) is 3.90. The van der Waals surface area contributed by atoms with Crippen LogP contribution in [0.2, 0.25) is 0 Å². The molecule has 8 heteroatoms. The number of sulfonamides is 1. The van der Waals surface area contributed by atoms with Crippen molar-refractivity contribution in [2.45, 2.75) is 26.3 Å². The minimum absolute atomic E-state index is 0.0273. The maximum absolute atomic E-state index is 11.4. The van der Waals surface area contributed by atoms with Crippen molar-refractivity contribution in [1.82, 2.24) is 9.55 Å². The number of nitrogens with two attached hydrogens (primary N) is 1. The molecule has 0 aliphatic carbocycles. The molecule has 0 radical (unpaired) electrons. The number of fused-ring (bicyclic) bond motifs is 1. The third-order valence-electron chi connectivity index (χ3n) is 3.14. The number of hydrogen-bond acceptors (Lipinski definition) is 4. The van der Waals surface area contributed by atoms with E-state index in [4.69, 9.17) is 5.14 Å². The zero-order chi connectivity index (χ0) is 15.8. The number of hydrogen-bond donors (Lipinski definition) is 2. The van der Waals surface area contributed by atoms with Crippen LogP contribution in [0.15, 0.2) is 18.2 Å². The minimum atomic E-state index is -3.64. The number of carboxylic acid groups (broad SMARTS) is 1. The van der Waals surface area contributed by atoms with Crippen LogP contribution in [0, 0.1) is 0 Å². The number of carbonyl (C=O) groups is 1. The molecule has 7 nitrogen and oxygen atoms in total. The van der Waals surface area contributed by atoms with Crippen molar-refractivity contribution in [3.05, 3.63) is 29.6 Å². The fourth-order valence-corrected chi connectivity index (χ4v) is 2.70. The van der Waals surface area contributed by atoms with Gasteiger partial charge in [-0.05, 0) is 12.1 Å². The Kier molecular flexibility index (Phi) is 4.02. The van der Waals surface area contributed by atoms with Crippen molar-refractivity contribution in [1.29, 1.82) is 0 Å². The largest absolute Gasteiger partial charge is 0.478 e. The molecule has 0 saturated heterocycles. The summed E-state index contributed by atoms with van der Waals surface area (Å²) in [6, 6.07) is 4.80. The molecule has 2 aromatic rings. The Bertz CT molecular complexity index is 793. The van der Waals surface area contributed by atoms with Gasteiger partial charge in [-0.25, -0.2) is 23.3 Å². The molecule has 114 valence electrons. The second kappa shape index (κ2) is 5.45. The Morgan fingerprint density at radius 1 is 1.43 bits per heavy atom. The Morgan fingerprint density at radius 3 is 2.62 bits per heavy atom. The number of aryl methyl sites for hydroxylation is 1. The van der Waals surface area contributed by atoms with E-state index >= 15 is 0 Å². The number of aromatic carboxylic acids is 1. The van der Waals surface area contributed by atoms with Gasteiger partial charge in [-0.3, -0.25) is 0 Å². The maximum Gasteiger partial charge on any atom is 0.337 e. The summed E-state index contributed by atoms with van der Waals surface area (Å²) in [4.78, 5) is 15.8. The highest BCUT2D eigenvalue weighted by molar-refractivity contribution is 7.89. The zero-order valence-corrected chi connectivity index (χ0v) is 12.6. The third kappa shape index (κ3) is 3.22. The van der Waals surface area contributed by atoms with Gasteiger partial charge < -0.3 is 9.67 Å². The molecule has 0 aliphatic rings. The summed E-state index contributed by atoms with van der Waals surface area (Å²) in [5, 5.41) is 14.3. The zero-order valence-electron chi connectivity index (χ0n) is 11.8. The van der Waals surface area contributed by atoms with Crippen LogP contribution < -0.4 is 5.14 Å². The molecule has 0 bridgehead atoms. The number of imidazole rings is 1. The summed E-state index contributed by atoms with van der Waals surface area (Å²) in [5.74, 6) is -0.680. The SMILES string of the molecule is CC(C)c1nc2cccc(C(=O)O)c2n1CCS(N)(=O)=O. The van der Waals surface area contributed by atoms with Gasteiger partial charge in [-0.2, -0.15) is 0 Å². The molecule has 0 atom stereocenters. The highest BCUT2D eigenvalue weighted by Crippen LogP contribution is 2.25. The van der Waals surface area contributed by atoms with Gasteiger partial charge in [0.1, 0.15) is 5.82 Å². The number of primary sulfonamides is 1. The Hall–Kier alpha value is -1.93. The van der Waals surface area contributed by atoms with Crippen molar-refractivity contribution in [2.24, 2.45) is 5.14 Å². The molecule has 1 heterocycles. The second-order valence-electron chi connectivity index (χ2n) is 5.12. The van der Waals surface area contributed by atoms with Crippen LogP contribution in [0.1, 0.15) is 35.9 Å². The summed E-state index contributed by atoms with van der Waals surface area (Å²) < 4.78 is 24.0. The van der Waals surface area contributed by atoms with E-state index in [0.29, 0.717) is 16.9 Å². The lowest BCUT2D eigenvalue weighted by atomic mass is 10.2. The molecule has 0 fully saturated rings.